The van der Waals surface area contributed by atoms with Gasteiger partial charge >= 0.3 is 0 Å². The zero-order valence-electron chi connectivity index (χ0n) is 14.4. The van der Waals surface area contributed by atoms with Crippen molar-refractivity contribution in [2.45, 2.75) is 72.1 Å². The Labute approximate surface area is 130 Å². The Morgan fingerprint density at radius 2 is 2.00 bits per heavy atom. The maximum absolute atomic E-state index is 12.8. The molecule has 2 rings (SSSR count). The molecule has 122 valence electrons. The van der Waals surface area contributed by atoms with Crippen LogP contribution in [0.15, 0.2) is 0 Å². The minimum Gasteiger partial charge on any atom is -0.324 e. The van der Waals surface area contributed by atoms with E-state index in [1.807, 2.05) is 0 Å². The van der Waals surface area contributed by atoms with Crippen LogP contribution in [0.2, 0.25) is 0 Å². The van der Waals surface area contributed by atoms with Gasteiger partial charge in [0.25, 0.3) is 0 Å². The largest absolute Gasteiger partial charge is 0.324 e. The molecule has 0 aromatic heterocycles. The van der Waals surface area contributed by atoms with Crippen LogP contribution in [0.25, 0.3) is 0 Å². The molecular weight excluding hydrogens is 262 g/mol. The highest BCUT2D eigenvalue weighted by Gasteiger charge is 2.43. The van der Waals surface area contributed by atoms with E-state index < -0.39 is 0 Å². The second-order valence-electron chi connectivity index (χ2n) is 7.13. The summed E-state index contributed by atoms with van der Waals surface area (Å²) in [5.74, 6) is 1.19. The van der Waals surface area contributed by atoms with E-state index in [-0.39, 0.29) is 12.2 Å². The fourth-order valence-corrected chi connectivity index (χ4v) is 3.81. The molecule has 4 atom stereocenters. The Kier molecular flexibility index (Phi) is 5.67. The Morgan fingerprint density at radius 1 is 1.29 bits per heavy atom. The van der Waals surface area contributed by atoms with Crippen LogP contribution < -0.4 is 5.32 Å². The predicted octanol–water partition coefficient (Wildman–Crippen LogP) is 2.30. The SMILES string of the molecule is CCC(C)C1NC(C(C)C)N(CC2CCCN2CC)C1=O. The summed E-state index contributed by atoms with van der Waals surface area (Å²) in [4.78, 5) is 17.5. The number of carbonyl (C=O) groups is 1. The minimum atomic E-state index is 0.0129. The predicted molar refractivity (Wildman–Crippen MR) is 87.0 cm³/mol. The molecule has 4 heteroatoms. The number of nitrogens with zero attached hydrogens (tertiary/aromatic N) is 2. The highest BCUT2D eigenvalue weighted by atomic mass is 16.2. The minimum absolute atomic E-state index is 0.0129. The van der Waals surface area contributed by atoms with Gasteiger partial charge in [-0.3, -0.25) is 15.0 Å². The summed E-state index contributed by atoms with van der Waals surface area (Å²) in [6.45, 7) is 14.2. The second kappa shape index (κ2) is 7.10. The average molecular weight is 295 g/mol. The van der Waals surface area contributed by atoms with Crippen molar-refractivity contribution < 1.29 is 4.79 Å². The van der Waals surface area contributed by atoms with Crippen molar-refractivity contribution in [2.75, 3.05) is 19.6 Å². The third kappa shape index (κ3) is 3.42. The fraction of sp³-hybridized carbons (Fsp3) is 0.941. The van der Waals surface area contributed by atoms with Gasteiger partial charge in [-0.25, -0.2) is 0 Å². The summed E-state index contributed by atoms with van der Waals surface area (Å²) in [5.41, 5.74) is 0. The van der Waals surface area contributed by atoms with Crippen LogP contribution >= 0.6 is 0 Å². The van der Waals surface area contributed by atoms with Crippen LogP contribution in [0, 0.1) is 11.8 Å². The van der Waals surface area contributed by atoms with Gasteiger partial charge in [0.2, 0.25) is 5.91 Å². The van der Waals surface area contributed by atoms with E-state index in [4.69, 9.17) is 0 Å². The molecule has 21 heavy (non-hydrogen) atoms. The second-order valence-corrected chi connectivity index (χ2v) is 7.13. The Hall–Kier alpha value is -0.610. The molecule has 1 amide bonds. The molecule has 4 unspecified atom stereocenters. The number of hydrogen-bond acceptors (Lipinski definition) is 3. The van der Waals surface area contributed by atoms with Crippen LogP contribution in [-0.2, 0) is 4.79 Å². The standard InChI is InChI=1S/C17H33N3O/c1-6-13(5)15-17(21)20(16(18-15)12(3)4)11-14-9-8-10-19(14)7-2/h12-16,18H,6-11H2,1-5H3. The summed E-state index contributed by atoms with van der Waals surface area (Å²) in [5, 5.41) is 3.61. The van der Waals surface area contributed by atoms with Crippen molar-refractivity contribution in [3.05, 3.63) is 0 Å². The third-order valence-corrected chi connectivity index (χ3v) is 5.39. The first-order valence-corrected chi connectivity index (χ1v) is 8.80. The first-order chi connectivity index (χ1) is 9.99. The Bertz CT molecular complexity index is 358. The summed E-state index contributed by atoms with van der Waals surface area (Å²) < 4.78 is 0. The van der Waals surface area contributed by atoms with Gasteiger partial charge < -0.3 is 4.90 Å². The zero-order valence-corrected chi connectivity index (χ0v) is 14.4. The molecule has 0 spiro atoms. The maximum atomic E-state index is 12.8. The van der Waals surface area contributed by atoms with Crippen molar-refractivity contribution >= 4 is 5.91 Å². The van der Waals surface area contributed by atoms with Crippen LogP contribution in [0.1, 0.15) is 53.9 Å². The molecule has 0 bridgehead atoms. The molecule has 0 aliphatic carbocycles. The highest BCUT2D eigenvalue weighted by molar-refractivity contribution is 5.84. The average Bonchev–Trinajstić information content (AvgIpc) is 3.04. The molecule has 2 fully saturated rings. The van der Waals surface area contributed by atoms with Crippen molar-refractivity contribution in [3.63, 3.8) is 0 Å². The smallest absolute Gasteiger partial charge is 0.241 e. The van der Waals surface area contributed by atoms with E-state index in [0.717, 1.165) is 19.5 Å². The summed E-state index contributed by atoms with van der Waals surface area (Å²) in [7, 11) is 0. The highest BCUT2D eigenvalue weighted by Crippen LogP contribution is 2.26. The van der Waals surface area contributed by atoms with E-state index in [1.54, 1.807) is 0 Å². The molecule has 2 aliphatic heterocycles. The first kappa shape index (κ1) is 16.8. The normalized spacial score (nSPS) is 32.4. The molecule has 0 saturated carbocycles. The number of likely N-dealkylation sites (tertiary alicyclic amines) is 1. The van der Waals surface area contributed by atoms with Gasteiger partial charge in [0.05, 0.1) is 12.2 Å². The number of carbonyl (C=O) groups excluding carboxylic acids is 1. The monoisotopic (exact) mass is 295 g/mol. The lowest BCUT2D eigenvalue weighted by Crippen LogP contribution is -2.47. The zero-order chi connectivity index (χ0) is 15.6. The third-order valence-electron chi connectivity index (χ3n) is 5.39. The molecule has 0 aromatic rings. The summed E-state index contributed by atoms with van der Waals surface area (Å²) in [6.07, 6.45) is 3.76. The van der Waals surface area contributed by atoms with Crippen molar-refractivity contribution in [2.24, 2.45) is 11.8 Å². The number of nitrogens with one attached hydrogen (secondary N) is 1. The number of hydrogen-bond donors (Lipinski definition) is 1. The van der Waals surface area contributed by atoms with Gasteiger partial charge in [0.1, 0.15) is 0 Å². The molecule has 0 aromatic carbocycles. The van der Waals surface area contributed by atoms with E-state index in [0.29, 0.717) is 23.8 Å². The van der Waals surface area contributed by atoms with Gasteiger partial charge in [-0.05, 0) is 37.8 Å². The van der Waals surface area contributed by atoms with E-state index in [2.05, 4.69) is 49.7 Å². The van der Waals surface area contributed by atoms with Crippen LogP contribution in [0.3, 0.4) is 0 Å². The number of rotatable bonds is 6. The van der Waals surface area contributed by atoms with E-state index in [1.165, 1.54) is 19.4 Å². The number of likely N-dealkylation sites (N-methyl/N-ethyl adjacent to an activating group) is 1. The van der Waals surface area contributed by atoms with Crippen molar-refractivity contribution in [3.8, 4) is 0 Å². The molecular formula is C17H33N3O. The lowest BCUT2D eigenvalue weighted by molar-refractivity contribution is -0.132. The van der Waals surface area contributed by atoms with Gasteiger partial charge in [0.15, 0.2) is 0 Å². The Balaban J connectivity index is 2.09. The van der Waals surface area contributed by atoms with Gasteiger partial charge in [-0.15, -0.1) is 0 Å². The maximum Gasteiger partial charge on any atom is 0.241 e. The molecule has 2 saturated heterocycles. The van der Waals surface area contributed by atoms with Crippen molar-refractivity contribution in [1.29, 1.82) is 0 Å². The molecule has 0 radical (unpaired) electrons. The summed E-state index contributed by atoms with van der Waals surface area (Å²) in [6, 6.07) is 0.566. The fourth-order valence-electron chi connectivity index (χ4n) is 3.81. The summed E-state index contributed by atoms with van der Waals surface area (Å²) >= 11 is 0. The Morgan fingerprint density at radius 3 is 2.57 bits per heavy atom. The van der Waals surface area contributed by atoms with Crippen LogP contribution in [0.5, 0.6) is 0 Å². The lowest BCUT2D eigenvalue weighted by atomic mass is 9.99. The first-order valence-electron chi connectivity index (χ1n) is 8.80. The molecule has 2 aliphatic rings. The number of amides is 1. The molecule has 2 heterocycles. The van der Waals surface area contributed by atoms with Gasteiger partial charge in [-0.2, -0.15) is 0 Å². The van der Waals surface area contributed by atoms with Crippen LogP contribution in [-0.4, -0.2) is 53.6 Å². The molecule has 1 N–H and O–H groups in total. The van der Waals surface area contributed by atoms with Crippen LogP contribution in [0.4, 0.5) is 0 Å². The lowest BCUT2D eigenvalue weighted by Gasteiger charge is -2.32. The quantitative estimate of drug-likeness (QED) is 0.817. The van der Waals surface area contributed by atoms with E-state index in [9.17, 15) is 4.79 Å². The molecule has 4 nitrogen and oxygen atoms in total. The topological polar surface area (TPSA) is 35.6 Å². The van der Waals surface area contributed by atoms with Crippen molar-refractivity contribution in [1.82, 2.24) is 15.1 Å². The van der Waals surface area contributed by atoms with E-state index >= 15 is 0 Å². The van der Waals surface area contributed by atoms with Gasteiger partial charge in [0, 0.05) is 12.6 Å². The van der Waals surface area contributed by atoms with Gasteiger partial charge in [-0.1, -0.05) is 41.0 Å².